The van der Waals surface area contributed by atoms with Gasteiger partial charge in [0.15, 0.2) is 0 Å². The maximum Gasteiger partial charge on any atom is 0.114 e. The van der Waals surface area contributed by atoms with Crippen molar-refractivity contribution in [3.63, 3.8) is 0 Å². The van der Waals surface area contributed by atoms with Gasteiger partial charge in [0.2, 0.25) is 0 Å². The van der Waals surface area contributed by atoms with Gasteiger partial charge in [-0.15, -0.1) is 0 Å². The molecule has 0 fully saturated rings. The average Bonchev–Trinajstić information content (AvgIpc) is 2.04. The van der Waals surface area contributed by atoms with Crippen molar-refractivity contribution < 1.29 is 0 Å². The molecule has 0 bridgehead atoms. The van der Waals surface area contributed by atoms with Crippen LogP contribution in [0.3, 0.4) is 0 Å². The molecule has 12 heavy (non-hydrogen) atoms. The second-order valence-corrected chi connectivity index (χ2v) is 3.63. The summed E-state index contributed by atoms with van der Waals surface area (Å²) in [6, 6.07) is 12.0. The lowest BCUT2D eigenvalue weighted by molar-refractivity contribution is 1.72. The fourth-order valence-electron chi connectivity index (χ4n) is 1.28. The number of halogens is 1. The van der Waals surface area contributed by atoms with E-state index >= 15 is 0 Å². The van der Waals surface area contributed by atoms with Gasteiger partial charge in [-0.2, -0.15) is 0 Å². The van der Waals surface area contributed by atoms with Crippen LogP contribution in [0.1, 0.15) is 0 Å². The van der Waals surface area contributed by atoms with Gasteiger partial charge < -0.3 is 0 Å². The highest BCUT2D eigenvalue weighted by atomic mass is 79.9. The summed E-state index contributed by atoms with van der Waals surface area (Å²) in [6.45, 7) is 0. The summed E-state index contributed by atoms with van der Waals surface area (Å²) in [6.07, 6.45) is 0. The second-order valence-electron chi connectivity index (χ2n) is 2.71. The van der Waals surface area contributed by atoms with Crippen molar-refractivity contribution >= 4 is 40.0 Å². The zero-order chi connectivity index (χ0) is 8.55. The maximum atomic E-state index is 5.79. The van der Waals surface area contributed by atoms with Gasteiger partial charge in [-0.3, -0.25) is 0 Å². The minimum absolute atomic E-state index is 0.833. The van der Waals surface area contributed by atoms with Crippen molar-refractivity contribution in [3.05, 3.63) is 40.9 Å². The molecule has 0 saturated heterocycles. The van der Waals surface area contributed by atoms with Crippen molar-refractivity contribution in [3.8, 4) is 0 Å². The third-order valence-corrected chi connectivity index (χ3v) is 2.37. The smallest absolute Gasteiger partial charge is 0.0890 e. The Kier molecular flexibility index (Phi) is 1.93. The first-order chi connectivity index (χ1) is 5.77. The number of hydrogen-bond donors (Lipinski definition) is 0. The van der Waals surface area contributed by atoms with Crippen LogP contribution in [0.2, 0.25) is 0 Å². The summed E-state index contributed by atoms with van der Waals surface area (Å²) in [5.74, 6) is 0. The van der Waals surface area contributed by atoms with E-state index < -0.39 is 0 Å². The van der Waals surface area contributed by atoms with Crippen molar-refractivity contribution in [2.45, 2.75) is 0 Å². The summed E-state index contributed by atoms with van der Waals surface area (Å²) in [5.41, 5.74) is 0.833. The van der Waals surface area contributed by atoms with Gasteiger partial charge in [-0.05, 0) is 22.9 Å². The maximum absolute atomic E-state index is 5.79. The van der Waals surface area contributed by atoms with Gasteiger partial charge in [-0.1, -0.05) is 45.7 Å². The van der Waals surface area contributed by atoms with E-state index in [4.69, 9.17) is 7.85 Å². The van der Waals surface area contributed by atoms with E-state index in [1.54, 1.807) is 0 Å². The molecule has 2 aromatic carbocycles. The zero-order valence-electron chi connectivity index (χ0n) is 6.42. The molecule has 0 atom stereocenters. The highest BCUT2D eigenvalue weighted by Crippen LogP contribution is 2.17. The van der Waals surface area contributed by atoms with Crippen LogP contribution in [0.4, 0.5) is 0 Å². The van der Waals surface area contributed by atoms with Crippen LogP contribution in [0.5, 0.6) is 0 Å². The van der Waals surface area contributed by atoms with Gasteiger partial charge >= 0.3 is 0 Å². The molecular weight excluding hydrogens is 211 g/mol. The molecule has 0 aliphatic carbocycles. The molecule has 2 radical (unpaired) electrons. The van der Waals surface area contributed by atoms with Gasteiger partial charge in [0.05, 0.1) is 0 Å². The molecule has 0 heterocycles. The zero-order valence-corrected chi connectivity index (χ0v) is 8.01. The molecule has 0 saturated carbocycles. The van der Waals surface area contributed by atoms with Crippen molar-refractivity contribution in [1.82, 2.24) is 0 Å². The van der Waals surface area contributed by atoms with Gasteiger partial charge in [0.1, 0.15) is 7.85 Å². The molecule has 56 valence electrons. The van der Waals surface area contributed by atoms with Gasteiger partial charge in [0, 0.05) is 4.47 Å². The summed E-state index contributed by atoms with van der Waals surface area (Å²) in [5, 5.41) is 2.28. The predicted molar refractivity (Wildman–Crippen MR) is 57.0 cm³/mol. The van der Waals surface area contributed by atoms with Gasteiger partial charge in [0.25, 0.3) is 0 Å². The van der Waals surface area contributed by atoms with E-state index in [1.807, 2.05) is 24.3 Å². The van der Waals surface area contributed by atoms with E-state index in [-0.39, 0.29) is 0 Å². The predicted octanol–water partition coefficient (Wildman–Crippen LogP) is 2.40. The normalized spacial score (nSPS) is 10.4. The lowest BCUT2D eigenvalue weighted by Gasteiger charge is -2.01. The Balaban J connectivity index is 2.86. The number of benzene rings is 2. The first-order valence-electron chi connectivity index (χ1n) is 3.71. The quantitative estimate of drug-likeness (QED) is 0.594. The third-order valence-electron chi connectivity index (χ3n) is 1.88. The van der Waals surface area contributed by atoms with Crippen LogP contribution in [0.25, 0.3) is 10.8 Å². The molecule has 0 spiro atoms. The van der Waals surface area contributed by atoms with Crippen molar-refractivity contribution in [2.24, 2.45) is 0 Å². The minimum Gasteiger partial charge on any atom is -0.0890 e. The Hall–Kier alpha value is -0.755. The number of fused-ring (bicyclic) bond motifs is 1. The number of rotatable bonds is 0. The molecular formula is C10H6BBr. The highest BCUT2D eigenvalue weighted by molar-refractivity contribution is 9.10. The molecule has 0 aromatic heterocycles. The van der Waals surface area contributed by atoms with Crippen molar-refractivity contribution in [1.29, 1.82) is 0 Å². The van der Waals surface area contributed by atoms with Gasteiger partial charge in [-0.25, -0.2) is 0 Å². The molecule has 0 nitrogen and oxygen atoms in total. The Labute approximate surface area is 81.1 Å². The van der Waals surface area contributed by atoms with Crippen molar-refractivity contribution in [2.75, 3.05) is 0 Å². The Morgan fingerprint density at radius 2 is 1.92 bits per heavy atom. The lowest BCUT2D eigenvalue weighted by Crippen LogP contribution is -2.01. The largest absolute Gasteiger partial charge is 0.114 e. The molecule has 2 aromatic rings. The fraction of sp³-hybridized carbons (Fsp3) is 0. The third kappa shape index (κ3) is 1.27. The SMILES string of the molecule is [B]c1cccc2cc(Br)ccc12. The summed E-state index contributed by atoms with van der Waals surface area (Å²) >= 11 is 3.42. The fourth-order valence-corrected chi connectivity index (χ4v) is 1.66. The molecule has 2 rings (SSSR count). The standard InChI is InChI=1S/C10H6BBr/c11-10-3-1-2-7-6-8(12)4-5-9(7)10/h1-6H. The van der Waals surface area contributed by atoms with Crippen LogP contribution < -0.4 is 5.46 Å². The highest BCUT2D eigenvalue weighted by Gasteiger charge is 1.95. The average molecular weight is 217 g/mol. The Bertz CT molecular complexity index is 423. The molecule has 0 unspecified atom stereocenters. The molecule has 0 aliphatic rings. The minimum atomic E-state index is 0.833. The van der Waals surface area contributed by atoms with Crippen LogP contribution in [-0.4, -0.2) is 7.85 Å². The molecule has 2 heteroatoms. The Morgan fingerprint density at radius 3 is 2.75 bits per heavy atom. The summed E-state index contributed by atoms with van der Waals surface area (Å²) in [7, 11) is 5.79. The first-order valence-corrected chi connectivity index (χ1v) is 4.50. The molecule has 0 amide bonds. The lowest BCUT2D eigenvalue weighted by atomic mass is 9.90. The van der Waals surface area contributed by atoms with E-state index in [0.29, 0.717) is 0 Å². The second kappa shape index (κ2) is 2.94. The monoisotopic (exact) mass is 216 g/mol. The van der Waals surface area contributed by atoms with Crippen LogP contribution in [-0.2, 0) is 0 Å². The first kappa shape index (κ1) is 7.87. The van der Waals surface area contributed by atoms with E-state index in [2.05, 4.69) is 28.1 Å². The number of hydrogen-bond acceptors (Lipinski definition) is 0. The Morgan fingerprint density at radius 1 is 1.08 bits per heavy atom. The van der Waals surface area contributed by atoms with E-state index in [0.717, 1.165) is 15.3 Å². The van der Waals surface area contributed by atoms with Crippen LogP contribution >= 0.6 is 15.9 Å². The topological polar surface area (TPSA) is 0 Å². The summed E-state index contributed by atoms with van der Waals surface area (Å²) < 4.78 is 1.08. The van der Waals surface area contributed by atoms with Crippen LogP contribution in [0, 0.1) is 0 Å². The van der Waals surface area contributed by atoms with E-state index in [1.165, 1.54) is 5.39 Å². The van der Waals surface area contributed by atoms with E-state index in [9.17, 15) is 0 Å². The molecule has 0 aliphatic heterocycles. The molecule has 0 N–H and O–H groups in total. The van der Waals surface area contributed by atoms with Crippen LogP contribution in [0.15, 0.2) is 40.9 Å². The summed E-state index contributed by atoms with van der Waals surface area (Å²) in [4.78, 5) is 0.